The molecule has 0 atom stereocenters. The van der Waals surface area contributed by atoms with E-state index in [1.807, 2.05) is 0 Å². The van der Waals surface area contributed by atoms with Gasteiger partial charge in [-0.25, -0.2) is 4.39 Å². The average Bonchev–Trinajstić information content (AvgIpc) is 2.61. The van der Waals surface area contributed by atoms with Gasteiger partial charge < -0.3 is 0 Å². The molecule has 1 amide bonds. The van der Waals surface area contributed by atoms with Gasteiger partial charge in [0.2, 0.25) is 0 Å². The van der Waals surface area contributed by atoms with Gasteiger partial charge >= 0.3 is 0 Å². The van der Waals surface area contributed by atoms with Gasteiger partial charge in [-0.15, -0.1) is 0 Å². The van der Waals surface area contributed by atoms with Crippen molar-refractivity contribution in [2.45, 2.75) is 0 Å². The Morgan fingerprint density at radius 3 is 2.76 bits per heavy atom. The Labute approximate surface area is 130 Å². The topological polar surface area (TPSA) is 74.7 Å². The standard InChI is InChI=1S/C12H10FNO4S3/c13-9-3-1-2-8(6-9)7-10-11(15)14(12(19)20-10)4-5-21(16,17)18/h1-3,6-7H,4-5H2,(H,16,17,18)/b10-7+. The van der Waals surface area contributed by atoms with Crippen molar-refractivity contribution in [1.29, 1.82) is 0 Å². The Balaban J connectivity index is 2.18. The van der Waals surface area contributed by atoms with Crippen LogP contribution in [0.4, 0.5) is 4.39 Å². The van der Waals surface area contributed by atoms with Gasteiger partial charge in [0.1, 0.15) is 10.1 Å². The monoisotopic (exact) mass is 347 g/mol. The summed E-state index contributed by atoms with van der Waals surface area (Å²) in [5.74, 6) is -1.48. The third kappa shape index (κ3) is 4.34. The maximum atomic E-state index is 13.1. The normalized spacial score (nSPS) is 17.8. The van der Waals surface area contributed by atoms with Crippen LogP contribution in [0.5, 0.6) is 0 Å². The van der Waals surface area contributed by atoms with Gasteiger partial charge in [0.15, 0.2) is 0 Å². The van der Waals surface area contributed by atoms with Gasteiger partial charge in [-0.05, 0) is 23.8 Å². The van der Waals surface area contributed by atoms with Crippen LogP contribution in [0, 0.1) is 5.82 Å². The van der Waals surface area contributed by atoms with E-state index in [2.05, 4.69) is 0 Å². The number of thiocarbonyl (C=S) groups is 1. The molecule has 9 heteroatoms. The Morgan fingerprint density at radius 1 is 1.43 bits per heavy atom. The van der Waals surface area contributed by atoms with Gasteiger partial charge in [0, 0.05) is 6.54 Å². The summed E-state index contributed by atoms with van der Waals surface area (Å²) < 4.78 is 43.4. The molecule has 1 N–H and O–H groups in total. The largest absolute Gasteiger partial charge is 0.292 e. The maximum Gasteiger partial charge on any atom is 0.266 e. The van der Waals surface area contributed by atoms with Crippen molar-refractivity contribution in [3.8, 4) is 0 Å². The summed E-state index contributed by atoms with van der Waals surface area (Å²) >= 11 is 6.00. The number of carbonyl (C=O) groups excluding carboxylic acids is 1. The fourth-order valence-electron chi connectivity index (χ4n) is 1.65. The lowest BCUT2D eigenvalue weighted by Gasteiger charge is -2.12. The summed E-state index contributed by atoms with van der Waals surface area (Å²) in [5, 5.41) is 0. The van der Waals surface area contributed by atoms with Gasteiger partial charge in [0.25, 0.3) is 16.0 Å². The first kappa shape index (κ1) is 16.1. The molecule has 0 aromatic heterocycles. The highest BCUT2D eigenvalue weighted by Crippen LogP contribution is 2.32. The molecule has 0 aliphatic carbocycles. The zero-order valence-corrected chi connectivity index (χ0v) is 13.0. The van der Waals surface area contributed by atoms with Crippen LogP contribution in [0.1, 0.15) is 5.56 Å². The SMILES string of the molecule is O=C1/C(=C\c2cccc(F)c2)SC(=S)N1CCS(=O)(=O)O. The van der Waals surface area contributed by atoms with Crippen molar-refractivity contribution < 1.29 is 22.2 Å². The second-order valence-electron chi connectivity index (χ2n) is 4.17. The highest BCUT2D eigenvalue weighted by atomic mass is 32.2. The molecule has 0 radical (unpaired) electrons. The van der Waals surface area contributed by atoms with Crippen LogP contribution in [0.15, 0.2) is 29.2 Å². The van der Waals surface area contributed by atoms with Crippen LogP contribution in [0.3, 0.4) is 0 Å². The molecule has 1 fully saturated rings. The molecular formula is C12H10FNO4S3. The summed E-state index contributed by atoms with van der Waals surface area (Å²) in [5.41, 5.74) is 0.505. The van der Waals surface area contributed by atoms with E-state index < -0.39 is 27.6 Å². The number of halogens is 1. The quantitative estimate of drug-likeness (QED) is 0.509. The number of rotatable bonds is 4. The highest BCUT2D eigenvalue weighted by molar-refractivity contribution is 8.26. The van der Waals surface area contributed by atoms with Gasteiger partial charge in [0.05, 0.1) is 10.7 Å². The molecule has 1 aromatic carbocycles. The average molecular weight is 347 g/mol. The van der Waals surface area contributed by atoms with Crippen molar-refractivity contribution in [2.24, 2.45) is 0 Å². The lowest BCUT2D eigenvalue weighted by molar-refractivity contribution is -0.121. The van der Waals surface area contributed by atoms with E-state index in [0.29, 0.717) is 5.56 Å². The number of thioether (sulfide) groups is 1. The van der Waals surface area contributed by atoms with E-state index in [1.165, 1.54) is 24.3 Å². The number of hydrogen-bond acceptors (Lipinski definition) is 5. The zero-order valence-electron chi connectivity index (χ0n) is 10.5. The molecule has 0 spiro atoms. The Morgan fingerprint density at radius 2 is 2.14 bits per heavy atom. The smallest absolute Gasteiger partial charge is 0.266 e. The minimum Gasteiger partial charge on any atom is -0.292 e. The summed E-state index contributed by atoms with van der Waals surface area (Å²) in [6, 6.07) is 5.70. The zero-order chi connectivity index (χ0) is 15.6. The molecule has 21 heavy (non-hydrogen) atoms. The van der Waals surface area contributed by atoms with Gasteiger partial charge in [-0.3, -0.25) is 14.2 Å². The molecule has 1 heterocycles. The number of benzene rings is 1. The molecule has 1 aliphatic rings. The van der Waals surface area contributed by atoms with Crippen LogP contribution in [0.2, 0.25) is 0 Å². The minimum absolute atomic E-state index is 0.200. The fourth-order valence-corrected chi connectivity index (χ4v) is 3.37. The molecule has 5 nitrogen and oxygen atoms in total. The lowest BCUT2D eigenvalue weighted by atomic mass is 10.2. The van der Waals surface area contributed by atoms with Crippen LogP contribution in [0.25, 0.3) is 6.08 Å². The predicted octanol–water partition coefficient (Wildman–Crippen LogP) is 1.91. The van der Waals surface area contributed by atoms with Crippen LogP contribution < -0.4 is 0 Å². The fraction of sp³-hybridized carbons (Fsp3) is 0.167. The Kier molecular flexibility index (Phi) is 4.77. The molecule has 1 aromatic rings. The highest BCUT2D eigenvalue weighted by Gasteiger charge is 2.32. The number of amides is 1. The third-order valence-corrected chi connectivity index (χ3v) is 4.67. The number of carbonyl (C=O) groups is 1. The summed E-state index contributed by atoms with van der Waals surface area (Å²) in [6.07, 6.45) is 1.48. The second-order valence-corrected chi connectivity index (χ2v) is 7.42. The lowest BCUT2D eigenvalue weighted by Crippen LogP contribution is -2.32. The van der Waals surface area contributed by atoms with Gasteiger partial charge in [-0.1, -0.05) is 36.1 Å². The number of nitrogens with zero attached hydrogens (tertiary/aromatic N) is 1. The van der Waals surface area contributed by atoms with Crippen molar-refractivity contribution in [3.05, 3.63) is 40.6 Å². The van der Waals surface area contributed by atoms with E-state index in [9.17, 15) is 17.6 Å². The molecular weight excluding hydrogens is 337 g/mol. The van der Waals surface area contributed by atoms with Crippen molar-refractivity contribution in [1.82, 2.24) is 4.90 Å². The Bertz CT molecular complexity index is 730. The van der Waals surface area contributed by atoms with E-state index >= 15 is 0 Å². The molecule has 1 aliphatic heterocycles. The molecule has 112 valence electrons. The first-order valence-electron chi connectivity index (χ1n) is 5.72. The summed E-state index contributed by atoms with van der Waals surface area (Å²) in [7, 11) is -4.17. The van der Waals surface area contributed by atoms with E-state index in [4.69, 9.17) is 16.8 Å². The van der Waals surface area contributed by atoms with Crippen LogP contribution in [-0.2, 0) is 14.9 Å². The van der Waals surface area contributed by atoms with E-state index in [1.54, 1.807) is 6.07 Å². The first-order chi connectivity index (χ1) is 9.76. The van der Waals surface area contributed by atoms with Crippen LogP contribution in [-0.4, -0.2) is 40.4 Å². The number of hydrogen-bond donors (Lipinski definition) is 1. The molecule has 1 saturated heterocycles. The van der Waals surface area contributed by atoms with E-state index in [-0.39, 0.29) is 15.8 Å². The molecule has 0 unspecified atom stereocenters. The second kappa shape index (κ2) is 6.22. The Hall–Kier alpha value is -1.29. The molecule has 2 rings (SSSR count). The van der Waals surface area contributed by atoms with Crippen molar-refractivity contribution in [3.63, 3.8) is 0 Å². The van der Waals surface area contributed by atoms with E-state index in [0.717, 1.165) is 16.7 Å². The van der Waals surface area contributed by atoms with Crippen LogP contribution >= 0.6 is 24.0 Å². The first-order valence-corrected chi connectivity index (χ1v) is 8.56. The minimum atomic E-state index is -4.17. The van der Waals surface area contributed by atoms with Crippen molar-refractivity contribution >= 4 is 50.4 Å². The molecule has 0 saturated carbocycles. The summed E-state index contributed by atoms with van der Waals surface area (Å²) in [4.78, 5) is 13.5. The van der Waals surface area contributed by atoms with Gasteiger partial charge in [-0.2, -0.15) is 8.42 Å². The maximum absolute atomic E-state index is 13.1. The molecule has 0 bridgehead atoms. The third-order valence-electron chi connectivity index (χ3n) is 2.59. The van der Waals surface area contributed by atoms with Crippen molar-refractivity contribution in [2.75, 3.05) is 12.3 Å². The summed E-state index contributed by atoms with van der Waals surface area (Å²) in [6.45, 7) is -0.218. The predicted molar refractivity (Wildman–Crippen MR) is 82.7 cm³/mol.